The highest BCUT2D eigenvalue weighted by Gasteiger charge is 2.15. The van der Waals surface area contributed by atoms with Gasteiger partial charge in [0.15, 0.2) is 6.61 Å². The third-order valence-electron chi connectivity index (χ3n) is 4.55. The van der Waals surface area contributed by atoms with Crippen LogP contribution in [0.2, 0.25) is 0 Å². The fraction of sp³-hybridized carbons (Fsp3) is 0.0435. The first kappa shape index (κ1) is 23.3. The number of hydrogen-bond donors (Lipinski definition) is 4. The van der Waals surface area contributed by atoms with Gasteiger partial charge in [0.05, 0.1) is 21.7 Å². The fourth-order valence-electron chi connectivity index (χ4n) is 2.91. The van der Waals surface area contributed by atoms with Crippen molar-refractivity contribution >= 4 is 27.6 Å². The van der Waals surface area contributed by atoms with E-state index in [0.717, 1.165) is 0 Å². The van der Waals surface area contributed by atoms with Crippen LogP contribution >= 0.6 is 0 Å². The van der Waals surface area contributed by atoms with Crippen molar-refractivity contribution in [2.75, 3.05) is 12.3 Å². The number of nitrogens with two attached hydrogens (primary N) is 3. The number of sulfonamides is 1. The van der Waals surface area contributed by atoms with Crippen LogP contribution in [0.25, 0.3) is 11.1 Å². The summed E-state index contributed by atoms with van der Waals surface area (Å²) in [6.45, 7) is -0.228. The second-order valence-corrected chi connectivity index (χ2v) is 8.40. The minimum atomic E-state index is -3.87. The molecule has 33 heavy (non-hydrogen) atoms. The Hall–Kier alpha value is -4.33. The summed E-state index contributed by atoms with van der Waals surface area (Å²) in [7, 11) is -3.87. The Morgan fingerprint density at radius 2 is 1.64 bits per heavy atom. The Bertz CT molecular complexity index is 1390. The molecule has 3 rings (SSSR count). The zero-order valence-electron chi connectivity index (χ0n) is 17.1. The molecule has 3 aromatic carbocycles. The first-order chi connectivity index (χ1) is 15.6. The standard InChI is InChI=1S/C23H19N3O6S/c24-21-19(15-5-9-18(10-6-15)33(26,30)31)12-14(13-20(21)22(25)28)2-1-11-32-23(29)16-3-7-17(27)8-4-16/h3-10,12-13,27H,11,24H2,(H2,25,28)(H2,26,30,31). The maximum absolute atomic E-state index is 12.0. The van der Waals surface area contributed by atoms with Crippen molar-refractivity contribution in [2.45, 2.75) is 4.90 Å². The zero-order chi connectivity index (χ0) is 24.2. The lowest BCUT2D eigenvalue weighted by atomic mass is 9.97. The molecule has 0 saturated heterocycles. The molecule has 0 atom stereocenters. The number of phenolic OH excluding ortho intramolecular Hbond substituents is 1. The Balaban J connectivity index is 1.86. The maximum Gasteiger partial charge on any atom is 0.339 e. The number of primary amides is 1. The number of hydrogen-bond acceptors (Lipinski definition) is 7. The molecule has 0 aliphatic rings. The largest absolute Gasteiger partial charge is 0.508 e. The fourth-order valence-corrected chi connectivity index (χ4v) is 3.43. The molecular formula is C23H19N3O6S. The lowest BCUT2D eigenvalue weighted by Gasteiger charge is -2.11. The molecular weight excluding hydrogens is 446 g/mol. The molecule has 168 valence electrons. The molecule has 0 aliphatic heterocycles. The van der Waals surface area contributed by atoms with E-state index in [4.69, 9.17) is 21.3 Å². The Labute approximate surface area is 189 Å². The van der Waals surface area contributed by atoms with Gasteiger partial charge in [0.2, 0.25) is 10.0 Å². The summed E-state index contributed by atoms with van der Waals surface area (Å²) in [5, 5.41) is 14.4. The van der Waals surface area contributed by atoms with Crippen LogP contribution in [0, 0.1) is 11.8 Å². The SMILES string of the molecule is NC(=O)c1cc(C#CCOC(=O)c2ccc(O)cc2)cc(-c2ccc(S(N)(=O)=O)cc2)c1N. The normalized spacial score (nSPS) is 10.7. The number of carbonyl (C=O) groups excluding carboxylic acids is 2. The molecule has 0 spiro atoms. The van der Waals surface area contributed by atoms with Crippen LogP contribution in [0.3, 0.4) is 0 Å². The number of ether oxygens (including phenoxy) is 1. The van der Waals surface area contributed by atoms with Gasteiger partial charge in [-0.15, -0.1) is 0 Å². The number of nitrogen functional groups attached to an aromatic ring is 1. The molecule has 10 heteroatoms. The first-order valence-electron chi connectivity index (χ1n) is 9.38. The Kier molecular flexibility index (Phi) is 6.67. The molecule has 9 nitrogen and oxygen atoms in total. The van der Waals surface area contributed by atoms with Crippen molar-refractivity contribution in [3.8, 4) is 28.7 Å². The van der Waals surface area contributed by atoms with Gasteiger partial charge in [-0.25, -0.2) is 18.4 Å². The lowest BCUT2D eigenvalue weighted by Crippen LogP contribution is -2.14. The van der Waals surface area contributed by atoms with Gasteiger partial charge in [-0.05, 0) is 54.1 Å². The summed E-state index contributed by atoms with van der Waals surface area (Å²) in [5.74, 6) is 4.10. The zero-order valence-corrected chi connectivity index (χ0v) is 17.9. The van der Waals surface area contributed by atoms with Gasteiger partial charge in [-0.1, -0.05) is 24.0 Å². The van der Waals surface area contributed by atoms with Crippen LogP contribution in [0.5, 0.6) is 5.75 Å². The molecule has 0 bridgehead atoms. The van der Waals surface area contributed by atoms with E-state index in [1.807, 2.05) is 0 Å². The number of benzene rings is 3. The molecule has 0 unspecified atom stereocenters. The van der Waals surface area contributed by atoms with Gasteiger partial charge in [0.1, 0.15) is 5.75 Å². The van der Waals surface area contributed by atoms with Crippen molar-refractivity contribution in [2.24, 2.45) is 10.9 Å². The molecule has 7 N–H and O–H groups in total. The second kappa shape index (κ2) is 9.44. The smallest absolute Gasteiger partial charge is 0.339 e. The number of amides is 1. The predicted octanol–water partition coefficient (Wildman–Crippen LogP) is 1.60. The van der Waals surface area contributed by atoms with Crippen LogP contribution in [0.15, 0.2) is 65.6 Å². The van der Waals surface area contributed by atoms with Crippen molar-refractivity contribution in [1.29, 1.82) is 0 Å². The van der Waals surface area contributed by atoms with Crippen molar-refractivity contribution in [1.82, 2.24) is 0 Å². The Morgan fingerprint density at radius 3 is 2.21 bits per heavy atom. The summed E-state index contributed by atoms with van der Waals surface area (Å²) >= 11 is 0. The maximum atomic E-state index is 12.0. The predicted molar refractivity (Wildman–Crippen MR) is 121 cm³/mol. The lowest BCUT2D eigenvalue weighted by molar-refractivity contribution is 0.0556. The van der Waals surface area contributed by atoms with Gasteiger partial charge in [-0.2, -0.15) is 0 Å². The van der Waals surface area contributed by atoms with E-state index in [0.29, 0.717) is 16.7 Å². The highest BCUT2D eigenvalue weighted by atomic mass is 32.2. The van der Waals surface area contributed by atoms with E-state index < -0.39 is 21.9 Å². The van der Waals surface area contributed by atoms with E-state index in [2.05, 4.69) is 11.8 Å². The third-order valence-corrected chi connectivity index (χ3v) is 5.48. The number of carbonyl (C=O) groups is 2. The molecule has 0 radical (unpaired) electrons. The summed E-state index contributed by atoms with van der Waals surface area (Å²) in [6.07, 6.45) is 0. The highest BCUT2D eigenvalue weighted by Crippen LogP contribution is 2.30. The van der Waals surface area contributed by atoms with E-state index in [1.165, 1.54) is 54.6 Å². The molecule has 0 fully saturated rings. The van der Waals surface area contributed by atoms with Crippen molar-refractivity contribution in [3.05, 3.63) is 77.4 Å². The number of phenols is 1. The highest BCUT2D eigenvalue weighted by molar-refractivity contribution is 7.89. The number of primary sulfonamides is 1. The first-order valence-corrected chi connectivity index (χ1v) is 10.9. The summed E-state index contributed by atoms with van der Waals surface area (Å²) < 4.78 is 28.0. The van der Waals surface area contributed by atoms with Gasteiger partial charge >= 0.3 is 5.97 Å². The van der Waals surface area contributed by atoms with E-state index >= 15 is 0 Å². The number of anilines is 1. The number of esters is 1. The van der Waals surface area contributed by atoms with Gasteiger partial charge in [-0.3, -0.25) is 4.79 Å². The van der Waals surface area contributed by atoms with Crippen LogP contribution in [-0.4, -0.2) is 32.0 Å². The topological polar surface area (TPSA) is 176 Å². The molecule has 0 aromatic heterocycles. The Morgan fingerprint density at radius 1 is 1.00 bits per heavy atom. The van der Waals surface area contributed by atoms with Crippen LogP contribution in [0.1, 0.15) is 26.3 Å². The average Bonchev–Trinajstić information content (AvgIpc) is 2.77. The minimum Gasteiger partial charge on any atom is -0.508 e. The van der Waals surface area contributed by atoms with E-state index in [-0.39, 0.29) is 34.1 Å². The van der Waals surface area contributed by atoms with Crippen LogP contribution in [0.4, 0.5) is 5.69 Å². The minimum absolute atomic E-state index is 0.0232. The number of rotatable bonds is 5. The third kappa shape index (κ3) is 5.68. The molecule has 0 saturated carbocycles. The van der Waals surface area contributed by atoms with Crippen LogP contribution < -0.4 is 16.6 Å². The van der Waals surface area contributed by atoms with E-state index in [1.54, 1.807) is 6.07 Å². The summed E-state index contributed by atoms with van der Waals surface area (Å²) in [4.78, 5) is 23.8. The monoisotopic (exact) mass is 465 g/mol. The van der Waals surface area contributed by atoms with Crippen molar-refractivity contribution < 1.29 is 27.9 Å². The summed E-state index contributed by atoms with van der Waals surface area (Å²) in [6, 6.07) is 14.2. The summed E-state index contributed by atoms with van der Waals surface area (Å²) in [5.41, 5.74) is 13.2. The van der Waals surface area contributed by atoms with Crippen molar-refractivity contribution in [3.63, 3.8) is 0 Å². The molecule has 0 heterocycles. The molecule has 0 aliphatic carbocycles. The second-order valence-electron chi connectivity index (χ2n) is 6.84. The van der Waals surface area contributed by atoms with E-state index in [9.17, 15) is 23.1 Å². The quantitative estimate of drug-likeness (QED) is 0.251. The van der Waals surface area contributed by atoms with Crippen LogP contribution in [-0.2, 0) is 14.8 Å². The van der Waals surface area contributed by atoms with Gasteiger partial charge < -0.3 is 21.3 Å². The molecule has 1 amide bonds. The van der Waals surface area contributed by atoms with Gasteiger partial charge in [0.25, 0.3) is 5.91 Å². The molecule has 3 aromatic rings. The number of aromatic hydroxyl groups is 1. The van der Waals surface area contributed by atoms with Gasteiger partial charge in [0, 0.05) is 11.1 Å². The average molecular weight is 465 g/mol.